The third-order valence-electron chi connectivity index (χ3n) is 4.82. The monoisotopic (exact) mass is 364 g/mol. The van der Waals surface area contributed by atoms with Gasteiger partial charge in [0, 0.05) is 5.25 Å². The minimum Gasteiger partial charge on any atom is -0.456 e. The predicted molar refractivity (Wildman–Crippen MR) is 82.3 cm³/mol. The summed E-state index contributed by atoms with van der Waals surface area (Å²) in [4.78, 5) is 23.8. The van der Waals surface area contributed by atoms with Gasteiger partial charge in [0.25, 0.3) is 10.1 Å². The van der Waals surface area contributed by atoms with E-state index in [-0.39, 0.29) is 10.5 Å². The Hall–Kier alpha value is -0.800. The Morgan fingerprint density at radius 3 is 2.70 bits per heavy atom. The van der Waals surface area contributed by atoms with E-state index in [1.165, 1.54) is 11.8 Å². The highest BCUT2D eigenvalue weighted by molar-refractivity contribution is 8.03. The second kappa shape index (κ2) is 5.63. The fraction of sp³-hybridized carbons (Fsp3) is 0.857. The molecule has 3 rings (SSSR count). The van der Waals surface area contributed by atoms with Crippen molar-refractivity contribution >= 4 is 33.8 Å². The molecule has 0 radical (unpaired) electrons. The summed E-state index contributed by atoms with van der Waals surface area (Å²) < 4.78 is 39.1. The normalized spacial score (nSPS) is 36.9. The Morgan fingerprint density at radius 2 is 2.04 bits per heavy atom. The van der Waals surface area contributed by atoms with E-state index in [0.717, 1.165) is 0 Å². The molecule has 130 valence electrons. The molecular weight excluding hydrogens is 344 g/mol. The van der Waals surface area contributed by atoms with E-state index >= 15 is 0 Å². The van der Waals surface area contributed by atoms with Crippen LogP contribution in [0.4, 0.5) is 0 Å². The first-order valence-electron chi connectivity index (χ1n) is 7.60. The molecule has 4 unspecified atom stereocenters. The van der Waals surface area contributed by atoms with Crippen LogP contribution in [0.25, 0.3) is 0 Å². The van der Waals surface area contributed by atoms with Gasteiger partial charge in [-0.2, -0.15) is 8.42 Å². The van der Waals surface area contributed by atoms with Crippen molar-refractivity contribution in [3.8, 4) is 0 Å². The fourth-order valence-electron chi connectivity index (χ4n) is 3.02. The molecule has 5 atom stereocenters. The van der Waals surface area contributed by atoms with E-state index in [2.05, 4.69) is 0 Å². The van der Waals surface area contributed by atoms with Gasteiger partial charge >= 0.3 is 11.9 Å². The summed E-state index contributed by atoms with van der Waals surface area (Å²) in [5, 5.41) is -0.719. The first kappa shape index (κ1) is 17.0. The van der Waals surface area contributed by atoms with Crippen molar-refractivity contribution in [1.82, 2.24) is 0 Å². The van der Waals surface area contributed by atoms with Crippen LogP contribution in [0, 0.1) is 5.41 Å². The van der Waals surface area contributed by atoms with E-state index in [1.54, 1.807) is 13.8 Å². The fourth-order valence-corrected chi connectivity index (χ4v) is 7.16. The molecule has 3 aliphatic rings. The molecule has 0 aromatic carbocycles. The quantitative estimate of drug-likeness (QED) is 0.524. The van der Waals surface area contributed by atoms with E-state index in [0.29, 0.717) is 12.8 Å². The van der Waals surface area contributed by atoms with Crippen molar-refractivity contribution in [3.63, 3.8) is 0 Å². The van der Waals surface area contributed by atoms with Crippen molar-refractivity contribution in [1.29, 1.82) is 0 Å². The number of thioether (sulfide) groups is 1. The van der Waals surface area contributed by atoms with E-state index in [1.807, 2.05) is 6.92 Å². The molecule has 0 N–H and O–H groups in total. The molecule has 2 bridgehead atoms. The van der Waals surface area contributed by atoms with E-state index in [9.17, 15) is 18.0 Å². The highest BCUT2D eigenvalue weighted by Crippen LogP contribution is 2.55. The third-order valence-corrected chi connectivity index (χ3v) is 8.43. The van der Waals surface area contributed by atoms with Gasteiger partial charge in [0.05, 0.1) is 10.7 Å². The molecule has 9 heteroatoms. The summed E-state index contributed by atoms with van der Waals surface area (Å²) in [6, 6.07) is 0. The molecule has 0 saturated carbocycles. The van der Waals surface area contributed by atoms with Gasteiger partial charge in [-0.15, -0.1) is 11.8 Å². The number of hydrogen-bond acceptors (Lipinski definition) is 8. The molecule has 0 aliphatic carbocycles. The van der Waals surface area contributed by atoms with E-state index < -0.39 is 51.5 Å². The molecule has 3 heterocycles. The largest absolute Gasteiger partial charge is 0.456 e. The minimum absolute atomic E-state index is 0.0704. The van der Waals surface area contributed by atoms with Crippen LogP contribution >= 0.6 is 11.8 Å². The minimum atomic E-state index is -3.55. The molecule has 3 fully saturated rings. The van der Waals surface area contributed by atoms with Crippen LogP contribution in [-0.4, -0.2) is 54.9 Å². The molecule has 3 saturated heterocycles. The van der Waals surface area contributed by atoms with Crippen LogP contribution in [0.1, 0.15) is 33.6 Å². The first-order chi connectivity index (χ1) is 10.7. The topological polar surface area (TPSA) is 96.0 Å². The first-order valence-corrected chi connectivity index (χ1v) is 10.0. The molecule has 23 heavy (non-hydrogen) atoms. The van der Waals surface area contributed by atoms with E-state index in [4.69, 9.17) is 13.7 Å². The Kier molecular flexibility index (Phi) is 4.17. The predicted octanol–water partition coefficient (Wildman–Crippen LogP) is 0.863. The number of carbonyl (C=O) groups is 2. The van der Waals surface area contributed by atoms with Gasteiger partial charge in [0.2, 0.25) is 0 Å². The lowest BCUT2D eigenvalue weighted by molar-refractivity contribution is -0.169. The zero-order valence-electron chi connectivity index (χ0n) is 13.2. The molecule has 7 nitrogen and oxygen atoms in total. The number of hydrogen-bond donors (Lipinski definition) is 0. The van der Waals surface area contributed by atoms with Crippen molar-refractivity contribution in [3.05, 3.63) is 0 Å². The second-order valence-corrected chi connectivity index (χ2v) is 9.94. The number of fused-ring (bicyclic) bond motifs is 1. The van der Waals surface area contributed by atoms with Gasteiger partial charge in [-0.05, 0) is 26.7 Å². The summed E-state index contributed by atoms with van der Waals surface area (Å²) in [6.45, 7) is 4.87. The number of ether oxygens (including phenoxy) is 2. The Labute approximate surface area is 139 Å². The SMILES string of the molecule is CCC(C)(C)C(=O)OCC(=O)OC1C2OS(=O)(=O)C3C[C@@H]1SC23. The Morgan fingerprint density at radius 1 is 1.35 bits per heavy atom. The summed E-state index contributed by atoms with van der Waals surface area (Å²) >= 11 is 1.51. The van der Waals surface area contributed by atoms with Crippen LogP contribution < -0.4 is 0 Å². The summed E-state index contributed by atoms with van der Waals surface area (Å²) in [7, 11) is -3.55. The lowest BCUT2D eigenvalue weighted by Crippen LogP contribution is -2.42. The van der Waals surface area contributed by atoms with Crippen LogP contribution in [-0.2, 0) is 33.4 Å². The Bertz CT molecular complexity index is 627. The standard InChI is InChI=1S/C14H20O7S2/c1-4-14(2,3)13(16)19-6-9(15)20-10-7-5-8-12(22-7)11(10)21-23(8,17)18/h7-8,10-12H,4-6H2,1-3H3/t7-,8?,10?,11?,12?/m0/s1. The number of carbonyl (C=O) groups excluding carboxylic acids is 2. The molecule has 0 amide bonds. The lowest BCUT2D eigenvalue weighted by Gasteiger charge is -2.24. The highest BCUT2D eigenvalue weighted by Gasteiger charge is 2.66. The lowest BCUT2D eigenvalue weighted by atomic mass is 9.91. The van der Waals surface area contributed by atoms with Crippen molar-refractivity contribution in [2.75, 3.05) is 6.61 Å². The van der Waals surface area contributed by atoms with Gasteiger partial charge in [-0.3, -0.25) is 8.98 Å². The zero-order chi connectivity index (χ0) is 17.0. The smallest absolute Gasteiger partial charge is 0.344 e. The molecule has 3 aliphatic heterocycles. The van der Waals surface area contributed by atoms with Gasteiger partial charge in [0.1, 0.15) is 17.5 Å². The highest BCUT2D eigenvalue weighted by atomic mass is 32.2. The summed E-state index contributed by atoms with van der Waals surface area (Å²) in [6.07, 6.45) is -0.169. The summed E-state index contributed by atoms with van der Waals surface area (Å²) in [5.41, 5.74) is -0.654. The third kappa shape index (κ3) is 2.87. The molecule has 0 aromatic rings. The van der Waals surface area contributed by atoms with Crippen LogP contribution in [0.5, 0.6) is 0 Å². The van der Waals surface area contributed by atoms with Gasteiger partial charge in [-0.1, -0.05) is 6.92 Å². The average Bonchev–Trinajstić information content (AvgIpc) is 3.08. The van der Waals surface area contributed by atoms with Gasteiger partial charge < -0.3 is 9.47 Å². The van der Waals surface area contributed by atoms with Crippen molar-refractivity contribution < 1.29 is 31.7 Å². The maximum Gasteiger partial charge on any atom is 0.344 e. The van der Waals surface area contributed by atoms with Crippen LogP contribution in [0.3, 0.4) is 0 Å². The van der Waals surface area contributed by atoms with Crippen LogP contribution in [0.2, 0.25) is 0 Å². The second-order valence-electron chi connectivity index (χ2n) is 6.73. The molecule has 0 spiro atoms. The number of rotatable bonds is 5. The van der Waals surface area contributed by atoms with Crippen molar-refractivity contribution in [2.45, 2.75) is 61.6 Å². The molecular formula is C14H20O7S2. The molecule has 0 aromatic heterocycles. The van der Waals surface area contributed by atoms with Gasteiger partial charge in [-0.25, -0.2) is 4.79 Å². The van der Waals surface area contributed by atoms with Crippen molar-refractivity contribution in [2.24, 2.45) is 5.41 Å². The van der Waals surface area contributed by atoms with Gasteiger partial charge in [0.15, 0.2) is 6.61 Å². The van der Waals surface area contributed by atoms with Crippen LogP contribution in [0.15, 0.2) is 0 Å². The Balaban J connectivity index is 1.55. The number of esters is 2. The maximum absolute atomic E-state index is 11.9. The zero-order valence-corrected chi connectivity index (χ0v) is 14.8. The summed E-state index contributed by atoms with van der Waals surface area (Å²) in [5.74, 6) is -1.13. The average molecular weight is 364 g/mol. The maximum atomic E-state index is 11.9.